The molecule has 170 valence electrons. The fraction of sp³-hybridized carbons (Fsp3) is 0.280. The van der Waals surface area contributed by atoms with Crippen LogP contribution in [-0.4, -0.2) is 33.5 Å². The van der Waals surface area contributed by atoms with Crippen molar-refractivity contribution in [1.29, 1.82) is 0 Å². The maximum Gasteiger partial charge on any atom is 0.328 e. The van der Waals surface area contributed by atoms with Gasteiger partial charge in [0.15, 0.2) is 0 Å². The van der Waals surface area contributed by atoms with Gasteiger partial charge in [0.2, 0.25) is 0 Å². The van der Waals surface area contributed by atoms with Crippen LogP contribution in [0.4, 0.5) is 0 Å². The van der Waals surface area contributed by atoms with Gasteiger partial charge in [0.05, 0.1) is 24.2 Å². The number of carbonyl (C=O) groups is 1. The molecule has 0 saturated heterocycles. The zero-order chi connectivity index (χ0) is 23.9. The Bertz CT molecular complexity index is 1470. The number of methoxy groups -OCH3 is 1. The Hall–Kier alpha value is -3.26. The molecule has 2 heterocycles. The number of carbonyl (C=O) groups excluding carboxylic acids is 1. The number of hydrogen-bond donors (Lipinski definition) is 0. The van der Waals surface area contributed by atoms with Gasteiger partial charge in [-0.15, -0.1) is 0 Å². The van der Waals surface area contributed by atoms with E-state index < -0.39 is 6.04 Å². The number of benzene rings is 2. The number of hydrogen-bond acceptors (Lipinski definition) is 5. The Kier molecular flexibility index (Phi) is 6.21. The molecule has 0 aliphatic carbocycles. The minimum absolute atomic E-state index is 0.00955. The van der Waals surface area contributed by atoms with E-state index in [9.17, 15) is 9.59 Å². The van der Waals surface area contributed by atoms with Crippen LogP contribution >= 0.6 is 15.9 Å². The van der Waals surface area contributed by atoms with E-state index in [0.717, 1.165) is 26.6 Å². The number of esters is 1. The van der Waals surface area contributed by atoms with Gasteiger partial charge >= 0.3 is 5.97 Å². The molecule has 4 rings (SSSR count). The monoisotopic (exact) mass is 508 g/mol. The molecule has 0 spiro atoms. The molecule has 2 aromatic heterocycles. The standard InChI is InChI=1S/C25H25BrN4O3/c1-14(2)23-28-21-11-10-17(26)12-19(21)24(31)30(23)27-13-20-15(3)29(16(4)25(32)33-5)22-9-7-6-8-18(20)22/h6-14,16H,1-5H3/t16-/m0/s1. The Morgan fingerprint density at radius 1 is 1.15 bits per heavy atom. The lowest BCUT2D eigenvalue weighted by Gasteiger charge is -2.15. The predicted octanol–water partition coefficient (Wildman–Crippen LogP) is 5.16. The second kappa shape index (κ2) is 8.94. The number of ether oxygens (including phenoxy) is 1. The Labute approximate surface area is 199 Å². The highest BCUT2D eigenvalue weighted by Crippen LogP contribution is 2.28. The third kappa shape index (κ3) is 3.99. The van der Waals surface area contributed by atoms with Gasteiger partial charge in [0.25, 0.3) is 5.56 Å². The van der Waals surface area contributed by atoms with Gasteiger partial charge in [-0.25, -0.2) is 9.78 Å². The highest BCUT2D eigenvalue weighted by Gasteiger charge is 2.22. The van der Waals surface area contributed by atoms with E-state index in [2.05, 4.69) is 21.0 Å². The van der Waals surface area contributed by atoms with Crippen molar-refractivity contribution in [2.75, 3.05) is 7.11 Å². The molecule has 0 aliphatic rings. The number of fused-ring (bicyclic) bond motifs is 2. The van der Waals surface area contributed by atoms with Gasteiger partial charge < -0.3 is 9.30 Å². The second-order valence-corrected chi connectivity index (χ2v) is 9.15. The van der Waals surface area contributed by atoms with E-state index in [1.54, 1.807) is 19.2 Å². The first-order valence-corrected chi connectivity index (χ1v) is 11.5. The average Bonchev–Trinajstić information content (AvgIpc) is 3.08. The van der Waals surface area contributed by atoms with Crippen LogP contribution in [0.3, 0.4) is 0 Å². The van der Waals surface area contributed by atoms with Gasteiger partial charge in [-0.2, -0.15) is 9.78 Å². The van der Waals surface area contributed by atoms with Crippen LogP contribution in [-0.2, 0) is 9.53 Å². The van der Waals surface area contributed by atoms with E-state index in [1.165, 1.54) is 11.8 Å². The van der Waals surface area contributed by atoms with Gasteiger partial charge in [-0.1, -0.05) is 48.0 Å². The zero-order valence-electron chi connectivity index (χ0n) is 19.2. The second-order valence-electron chi connectivity index (χ2n) is 8.23. The summed E-state index contributed by atoms with van der Waals surface area (Å²) >= 11 is 3.43. The van der Waals surface area contributed by atoms with E-state index >= 15 is 0 Å². The number of aromatic nitrogens is 3. The molecule has 8 heteroatoms. The van der Waals surface area contributed by atoms with Crippen LogP contribution < -0.4 is 5.56 Å². The first-order chi connectivity index (χ1) is 15.7. The maximum absolute atomic E-state index is 13.3. The Morgan fingerprint density at radius 3 is 2.58 bits per heavy atom. The molecule has 7 nitrogen and oxygen atoms in total. The molecule has 33 heavy (non-hydrogen) atoms. The van der Waals surface area contributed by atoms with Gasteiger partial charge in [0, 0.05) is 32.6 Å². The van der Waals surface area contributed by atoms with Crippen molar-refractivity contribution in [1.82, 2.24) is 14.2 Å². The maximum atomic E-state index is 13.3. The van der Waals surface area contributed by atoms with Crippen molar-refractivity contribution in [2.24, 2.45) is 5.10 Å². The summed E-state index contributed by atoms with van der Waals surface area (Å²) in [4.78, 5) is 30.3. The summed E-state index contributed by atoms with van der Waals surface area (Å²) in [6.07, 6.45) is 1.68. The number of rotatable bonds is 5. The van der Waals surface area contributed by atoms with Crippen molar-refractivity contribution in [3.63, 3.8) is 0 Å². The lowest BCUT2D eigenvalue weighted by molar-refractivity contribution is -0.143. The van der Waals surface area contributed by atoms with Crippen molar-refractivity contribution < 1.29 is 9.53 Å². The number of nitrogens with zero attached hydrogens (tertiary/aromatic N) is 4. The summed E-state index contributed by atoms with van der Waals surface area (Å²) in [6.45, 7) is 7.70. The van der Waals surface area contributed by atoms with Crippen LogP contribution in [0.25, 0.3) is 21.8 Å². The van der Waals surface area contributed by atoms with Gasteiger partial charge in [-0.3, -0.25) is 4.79 Å². The highest BCUT2D eigenvalue weighted by molar-refractivity contribution is 9.10. The first kappa shape index (κ1) is 22.9. The first-order valence-electron chi connectivity index (χ1n) is 10.7. The molecule has 1 atom stereocenters. The van der Waals surface area contributed by atoms with E-state index in [1.807, 2.05) is 61.7 Å². The van der Waals surface area contributed by atoms with E-state index in [0.29, 0.717) is 16.7 Å². The van der Waals surface area contributed by atoms with Gasteiger partial charge in [-0.05, 0) is 38.1 Å². The zero-order valence-corrected chi connectivity index (χ0v) is 20.8. The van der Waals surface area contributed by atoms with Crippen LogP contribution in [0.1, 0.15) is 49.8 Å². The fourth-order valence-electron chi connectivity index (χ4n) is 4.12. The molecule has 4 aromatic rings. The SMILES string of the molecule is COC(=O)[C@H](C)n1c(C)c(C=Nn2c(C(C)C)nc3ccc(Br)cc3c2=O)c2ccccc21. The lowest BCUT2D eigenvalue weighted by atomic mass is 10.1. The van der Waals surface area contributed by atoms with E-state index in [4.69, 9.17) is 9.72 Å². The Balaban J connectivity index is 1.94. The lowest BCUT2D eigenvalue weighted by Crippen LogP contribution is -2.23. The van der Waals surface area contributed by atoms with Crippen molar-refractivity contribution in [3.05, 3.63) is 74.4 Å². The molecule has 0 amide bonds. The van der Waals surface area contributed by atoms with Crippen LogP contribution in [0.15, 0.2) is 56.8 Å². The number of para-hydroxylation sites is 1. The van der Waals surface area contributed by atoms with Crippen LogP contribution in [0.2, 0.25) is 0 Å². The summed E-state index contributed by atoms with van der Waals surface area (Å²) in [6, 6.07) is 12.8. The van der Waals surface area contributed by atoms with Crippen molar-refractivity contribution in [2.45, 2.75) is 39.7 Å². The number of halogens is 1. The molecule has 0 unspecified atom stereocenters. The summed E-state index contributed by atoms with van der Waals surface area (Å²) in [5.74, 6) is 0.241. The molecular weight excluding hydrogens is 484 g/mol. The fourth-order valence-corrected chi connectivity index (χ4v) is 4.48. The highest BCUT2D eigenvalue weighted by atomic mass is 79.9. The minimum atomic E-state index is -0.504. The molecule has 0 N–H and O–H groups in total. The minimum Gasteiger partial charge on any atom is -0.467 e. The third-order valence-electron chi connectivity index (χ3n) is 5.79. The van der Waals surface area contributed by atoms with Crippen LogP contribution in [0, 0.1) is 6.92 Å². The predicted molar refractivity (Wildman–Crippen MR) is 134 cm³/mol. The molecule has 0 fully saturated rings. The molecule has 0 radical (unpaired) electrons. The summed E-state index contributed by atoms with van der Waals surface area (Å²) < 4.78 is 9.07. The molecule has 0 aliphatic heterocycles. The largest absolute Gasteiger partial charge is 0.467 e. The summed E-state index contributed by atoms with van der Waals surface area (Å²) in [7, 11) is 1.38. The molecular formula is C25H25BrN4O3. The van der Waals surface area contributed by atoms with Gasteiger partial charge in [0.1, 0.15) is 11.9 Å². The molecule has 0 bridgehead atoms. The normalized spacial score (nSPS) is 12.8. The quantitative estimate of drug-likeness (QED) is 0.275. The molecule has 0 saturated carbocycles. The van der Waals surface area contributed by atoms with Crippen molar-refractivity contribution in [3.8, 4) is 0 Å². The smallest absolute Gasteiger partial charge is 0.328 e. The average molecular weight is 509 g/mol. The third-order valence-corrected chi connectivity index (χ3v) is 6.28. The Morgan fingerprint density at radius 2 is 1.88 bits per heavy atom. The topological polar surface area (TPSA) is 78.5 Å². The van der Waals surface area contributed by atoms with Crippen molar-refractivity contribution >= 4 is 49.9 Å². The van der Waals surface area contributed by atoms with E-state index in [-0.39, 0.29) is 17.4 Å². The van der Waals surface area contributed by atoms with Crippen LogP contribution in [0.5, 0.6) is 0 Å². The summed E-state index contributed by atoms with van der Waals surface area (Å²) in [5.41, 5.74) is 2.99. The summed E-state index contributed by atoms with van der Waals surface area (Å²) in [5, 5.41) is 6.02. The molecule has 2 aromatic carbocycles.